The van der Waals surface area contributed by atoms with Gasteiger partial charge in [-0.05, 0) is 37.1 Å². The van der Waals surface area contributed by atoms with E-state index in [1.165, 1.54) is 0 Å². The van der Waals surface area contributed by atoms with E-state index in [0.717, 1.165) is 12.8 Å². The number of para-hydroxylation sites is 2. The summed E-state index contributed by atoms with van der Waals surface area (Å²) in [7, 11) is 0. The molecule has 0 aliphatic heterocycles. The average molecular weight is 410 g/mol. The molecule has 0 fully saturated rings. The molecular weight excluding hydrogens is 384 g/mol. The number of anilines is 2. The zero-order valence-electron chi connectivity index (χ0n) is 16.6. The Morgan fingerprint density at radius 3 is 1.23 bits per heavy atom. The summed E-state index contributed by atoms with van der Waals surface area (Å²) in [6, 6.07) is 17.5. The topological polar surface area (TPSA) is 116 Å². The SMILES string of the molecule is O=C(NCCCCCCNC(=O)C(=O)Nc1ccccc1)C(=O)Nc1ccccc1. The van der Waals surface area contributed by atoms with Gasteiger partial charge in [-0.1, -0.05) is 49.2 Å². The Hall–Kier alpha value is -3.68. The van der Waals surface area contributed by atoms with Crippen LogP contribution in [0.3, 0.4) is 0 Å². The van der Waals surface area contributed by atoms with Gasteiger partial charge in [0, 0.05) is 24.5 Å². The monoisotopic (exact) mass is 410 g/mol. The lowest BCUT2D eigenvalue weighted by Crippen LogP contribution is -2.36. The highest BCUT2D eigenvalue weighted by molar-refractivity contribution is 6.40. The Bertz CT molecular complexity index is 769. The van der Waals surface area contributed by atoms with Crippen molar-refractivity contribution >= 4 is 35.0 Å². The molecular formula is C22H26N4O4. The van der Waals surface area contributed by atoms with E-state index < -0.39 is 23.6 Å². The van der Waals surface area contributed by atoms with Crippen molar-refractivity contribution in [1.29, 1.82) is 0 Å². The second kappa shape index (κ2) is 12.7. The molecule has 0 heterocycles. The highest BCUT2D eigenvalue weighted by Crippen LogP contribution is 2.05. The molecule has 4 amide bonds. The maximum Gasteiger partial charge on any atom is 0.313 e. The van der Waals surface area contributed by atoms with Crippen molar-refractivity contribution in [2.45, 2.75) is 25.7 Å². The Balaban J connectivity index is 1.48. The van der Waals surface area contributed by atoms with Gasteiger partial charge < -0.3 is 21.3 Å². The molecule has 0 saturated carbocycles. The molecule has 0 spiro atoms. The van der Waals surface area contributed by atoms with Gasteiger partial charge in [0.25, 0.3) is 0 Å². The van der Waals surface area contributed by atoms with E-state index in [1.807, 2.05) is 12.1 Å². The van der Waals surface area contributed by atoms with E-state index in [2.05, 4.69) is 21.3 Å². The summed E-state index contributed by atoms with van der Waals surface area (Å²) < 4.78 is 0. The smallest absolute Gasteiger partial charge is 0.313 e. The maximum atomic E-state index is 11.8. The first-order chi connectivity index (χ1) is 14.6. The van der Waals surface area contributed by atoms with E-state index in [9.17, 15) is 19.2 Å². The van der Waals surface area contributed by atoms with Crippen molar-refractivity contribution in [3.8, 4) is 0 Å². The lowest BCUT2D eigenvalue weighted by atomic mass is 10.2. The number of nitrogens with one attached hydrogen (secondary N) is 4. The van der Waals surface area contributed by atoms with Gasteiger partial charge in [-0.2, -0.15) is 0 Å². The fourth-order valence-corrected chi connectivity index (χ4v) is 2.59. The van der Waals surface area contributed by atoms with Gasteiger partial charge >= 0.3 is 23.6 Å². The number of hydrogen-bond donors (Lipinski definition) is 4. The predicted octanol–water partition coefficient (Wildman–Crippen LogP) is 2.06. The summed E-state index contributed by atoms with van der Waals surface area (Å²) in [6.07, 6.45) is 3.08. The van der Waals surface area contributed by atoms with Gasteiger partial charge in [-0.3, -0.25) is 19.2 Å². The molecule has 4 N–H and O–H groups in total. The molecule has 0 bridgehead atoms. The minimum absolute atomic E-state index is 0.396. The lowest BCUT2D eigenvalue weighted by molar-refractivity contribution is -0.136. The van der Waals surface area contributed by atoms with Crippen molar-refractivity contribution < 1.29 is 19.2 Å². The number of amides is 4. The lowest BCUT2D eigenvalue weighted by Gasteiger charge is -2.07. The Morgan fingerprint density at radius 2 is 0.867 bits per heavy atom. The number of carbonyl (C=O) groups is 4. The number of rotatable bonds is 9. The van der Waals surface area contributed by atoms with E-state index in [0.29, 0.717) is 37.3 Å². The summed E-state index contributed by atoms with van der Waals surface area (Å²) in [5.74, 6) is -2.73. The number of benzene rings is 2. The summed E-state index contributed by atoms with van der Waals surface area (Å²) in [4.78, 5) is 47.0. The van der Waals surface area contributed by atoms with Crippen LogP contribution in [-0.4, -0.2) is 36.7 Å². The number of unbranched alkanes of at least 4 members (excludes halogenated alkanes) is 3. The zero-order chi connectivity index (χ0) is 21.6. The van der Waals surface area contributed by atoms with Crippen LogP contribution in [-0.2, 0) is 19.2 Å². The van der Waals surface area contributed by atoms with E-state index in [-0.39, 0.29) is 0 Å². The molecule has 2 rings (SSSR count). The van der Waals surface area contributed by atoms with E-state index in [1.54, 1.807) is 48.5 Å². The predicted molar refractivity (Wildman–Crippen MR) is 115 cm³/mol. The third-order valence-corrected chi connectivity index (χ3v) is 4.15. The van der Waals surface area contributed by atoms with Crippen LogP contribution in [0.2, 0.25) is 0 Å². The molecule has 0 aromatic heterocycles. The summed E-state index contributed by atoms with van der Waals surface area (Å²) in [5.41, 5.74) is 1.13. The fraction of sp³-hybridized carbons (Fsp3) is 0.273. The highest BCUT2D eigenvalue weighted by atomic mass is 16.2. The highest BCUT2D eigenvalue weighted by Gasteiger charge is 2.13. The van der Waals surface area contributed by atoms with Gasteiger partial charge in [0.05, 0.1) is 0 Å². The molecule has 0 radical (unpaired) electrons. The zero-order valence-corrected chi connectivity index (χ0v) is 16.6. The first kappa shape index (κ1) is 22.6. The number of hydrogen-bond acceptors (Lipinski definition) is 4. The van der Waals surface area contributed by atoms with Crippen LogP contribution in [0.4, 0.5) is 11.4 Å². The molecule has 2 aromatic rings. The molecule has 158 valence electrons. The second-order valence-corrected chi connectivity index (χ2v) is 6.57. The Morgan fingerprint density at radius 1 is 0.500 bits per heavy atom. The molecule has 0 aliphatic carbocycles. The van der Waals surface area contributed by atoms with Crippen molar-refractivity contribution in [2.24, 2.45) is 0 Å². The van der Waals surface area contributed by atoms with Crippen molar-refractivity contribution in [3.63, 3.8) is 0 Å². The second-order valence-electron chi connectivity index (χ2n) is 6.57. The Labute approximate surface area is 175 Å². The maximum absolute atomic E-state index is 11.8. The number of carbonyl (C=O) groups excluding carboxylic acids is 4. The third-order valence-electron chi connectivity index (χ3n) is 4.15. The quantitative estimate of drug-likeness (QED) is 0.374. The van der Waals surface area contributed by atoms with Gasteiger partial charge in [0.2, 0.25) is 0 Å². The van der Waals surface area contributed by atoms with E-state index in [4.69, 9.17) is 0 Å². The standard InChI is InChI=1S/C22H26N4O4/c27-19(21(29)25-17-11-5-3-6-12-17)23-15-9-1-2-10-16-24-20(28)22(30)26-18-13-7-4-8-14-18/h3-8,11-14H,1-2,9-10,15-16H2,(H,23,27)(H,24,28)(H,25,29)(H,26,30). The largest absolute Gasteiger partial charge is 0.348 e. The molecule has 2 aromatic carbocycles. The first-order valence-corrected chi connectivity index (χ1v) is 9.84. The van der Waals surface area contributed by atoms with Crippen LogP contribution < -0.4 is 21.3 Å². The minimum Gasteiger partial charge on any atom is -0.348 e. The van der Waals surface area contributed by atoms with Crippen LogP contribution in [0.1, 0.15) is 25.7 Å². The van der Waals surface area contributed by atoms with Gasteiger partial charge in [0.15, 0.2) is 0 Å². The molecule has 0 saturated heterocycles. The summed E-state index contributed by atoms with van der Waals surface area (Å²) in [5, 5.41) is 10.2. The minimum atomic E-state index is -0.697. The van der Waals surface area contributed by atoms with Crippen LogP contribution in [0, 0.1) is 0 Å². The van der Waals surface area contributed by atoms with Crippen LogP contribution >= 0.6 is 0 Å². The average Bonchev–Trinajstić information content (AvgIpc) is 2.76. The molecule has 0 atom stereocenters. The van der Waals surface area contributed by atoms with Crippen LogP contribution in [0.5, 0.6) is 0 Å². The van der Waals surface area contributed by atoms with Gasteiger partial charge in [-0.15, -0.1) is 0 Å². The van der Waals surface area contributed by atoms with Crippen molar-refractivity contribution in [3.05, 3.63) is 60.7 Å². The molecule has 8 nitrogen and oxygen atoms in total. The molecule has 30 heavy (non-hydrogen) atoms. The van der Waals surface area contributed by atoms with Crippen LogP contribution in [0.15, 0.2) is 60.7 Å². The fourth-order valence-electron chi connectivity index (χ4n) is 2.59. The Kier molecular flexibility index (Phi) is 9.58. The van der Waals surface area contributed by atoms with E-state index >= 15 is 0 Å². The van der Waals surface area contributed by atoms with Gasteiger partial charge in [-0.25, -0.2) is 0 Å². The molecule has 0 aliphatic rings. The van der Waals surface area contributed by atoms with Crippen molar-refractivity contribution in [2.75, 3.05) is 23.7 Å². The molecule has 8 heteroatoms. The summed E-state index contributed by atoms with van der Waals surface area (Å²) in [6.45, 7) is 0.791. The van der Waals surface area contributed by atoms with Crippen molar-refractivity contribution in [1.82, 2.24) is 10.6 Å². The van der Waals surface area contributed by atoms with Crippen LogP contribution in [0.25, 0.3) is 0 Å². The summed E-state index contributed by atoms with van der Waals surface area (Å²) >= 11 is 0. The third kappa shape index (κ3) is 8.55. The van der Waals surface area contributed by atoms with Gasteiger partial charge in [0.1, 0.15) is 0 Å². The molecule has 0 unspecified atom stereocenters. The first-order valence-electron chi connectivity index (χ1n) is 9.84. The normalized spacial score (nSPS) is 10.0.